The van der Waals surface area contributed by atoms with Gasteiger partial charge in [0, 0.05) is 43.7 Å². The Bertz CT molecular complexity index is 928. The molecule has 3 aromatic heterocycles. The minimum Gasteiger partial charge on any atom is -0.472 e. The van der Waals surface area contributed by atoms with E-state index >= 15 is 0 Å². The number of imidazole rings is 1. The molecule has 1 aliphatic rings. The molecule has 0 bridgehead atoms. The first-order valence-electron chi connectivity index (χ1n) is 8.04. The van der Waals surface area contributed by atoms with E-state index in [1.807, 2.05) is 10.8 Å². The van der Waals surface area contributed by atoms with Crippen molar-refractivity contribution >= 4 is 5.91 Å². The van der Waals surface area contributed by atoms with Gasteiger partial charge in [-0.2, -0.15) is 5.10 Å². The summed E-state index contributed by atoms with van der Waals surface area (Å²) in [7, 11) is 0. The molecule has 0 fully saturated rings. The maximum atomic E-state index is 12.8. The zero-order chi connectivity index (χ0) is 17.2. The summed E-state index contributed by atoms with van der Waals surface area (Å²) in [5.74, 6) is 0.759. The highest BCUT2D eigenvalue weighted by molar-refractivity contribution is 5.93. The van der Waals surface area contributed by atoms with Gasteiger partial charge in [0.1, 0.15) is 12.1 Å². The Kier molecular flexibility index (Phi) is 3.93. The Morgan fingerprint density at radius 3 is 3.00 bits per heavy atom. The Morgan fingerprint density at radius 2 is 2.20 bits per heavy atom. The van der Waals surface area contributed by atoms with Gasteiger partial charge in [-0.1, -0.05) is 0 Å². The lowest BCUT2D eigenvalue weighted by molar-refractivity contribution is 0.0711. The molecule has 1 aliphatic heterocycles. The fraction of sp³-hybridized carbons (Fsp3) is 0.294. The van der Waals surface area contributed by atoms with Crippen molar-refractivity contribution in [3.63, 3.8) is 0 Å². The van der Waals surface area contributed by atoms with E-state index in [1.54, 1.807) is 29.4 Å². The molecule has 4 rings (SSSR count). The summed E-state index contributed by atoms with van der Waals surface area (Å²) < 4.78 is 8.49. The molecule has 8 heteroatoms. The topological polar surface area (TPSA) is 86.2 Å². The molecule has 4 heterocycles. The molecule has 0 saturated heterocycles. The first kappa shape index (κ1) is 15.4. The number of nitrogens with zero attached hydrogens (tertiary/aromatic N) is 5. The number of carbonyl (C=O) groups is 1. The van der Waals surface area contributed by atoms with Crippen LogP contribution in [0.15, 0.2) is 58.5 Å². The van der Waals surface area contributed by atoms with Crippen LogP contribution in [0.5, 0.6) is 0 Å². The first-order chi connectivity index (χ1) is 12.2. The monoisotopic (exact) mass is 339 g/mol. The van der Waals surface area contributed by atoms with Crippen LogP contribution in [0.3, 0.4) is 0 Å². The van der Waals surface area contributed by atoms with Gasteiger partial charge in [-0.25, -0.2) is 9.67 Å². The summed E-state index contributed by atoms with van der Waals surface area (Å²) in [4.78, 5) is 30.8. The van der Waals surface area contributed by atoms with Crippen molar-refractivity contribution in [1.29, 1.82) is 0 Å². The number of hydrogen-bond donors (Lipinski definition) is 0. The molecule has 0 aliphatic carbocycles. The van der Waals surface area contributed by atoms with Gasteiger partial charge in [-0.3, -0.25) is 9.59 Å². The van der Waals surface area contributed by atoms with E-state index in [2.05, 4.69) is 10.1 Å². The molecule has 1 amide bonds. The number of furan rings is 1. The molecule has 0 N–H and O–H groups in total. The lowest BCUT2D eigenvalue weighted by atomic mass is 10.1. The average molecular weight is 339 g/mol. The molecule has 8 nitrogen and oxygen atoms in total. The second kappa shape index (κ2) is 6.39. The molecular formula is C17H17N5O3. The summed E-state index contributed by atoms with van der Waals surface area (Å²) in [6.07, 6.45) is 8.14. The van der Waals surface area contributed by atoms with Gasteiger partial charge in [0.2, 0.25) is 0 Å². The van der Waals surface area contributed by atoms with Gasteiger partial charge in [-0.15, -0.1) is 0 Å². The Hall–Kier alpha value is -3.16. The van der Waals surface area contributed by atoms with Gasteiger partial charge < -0.3 is 13.9 Å². The van der Waals surface area contributed by atoms with E-state index in [1.165, 1.54) is 23.3 Å². The van der Waals surface area contributed by atoms with Crippen LogP contribution in [0.25, 0.3) is 0 Å². The Balaban J connectivity index is 1.62. The summed E-state index contributed by atoms with van der Waals surface area (Å²) >= 11 is 0. The highest BCUT2D eigenvalue weighted by atomic mass is 16.3. The summed E-state index contributed by atoms with van der Waals surface area (Å²) in [6.45, 7) is 2.04. The largest absolute Gasteiger partial charge is 0.472 e. The molecule has 0 unspecified atom stereocenters. The highest BCUT2D eigenvalue weighted by Gasteiger charge is 2.27. The molecule has 0 spiro atoms. The maximum Gasteiger partial charge on any atom is 0.266 e. The minimum absolute atomic E-state index is 0.0406. The third-order valence-electron chi connectivity index (χ3n) is 4.34. The summed E-state index contributed by atoms with van der Waals surface area (Å²) in [5.41, 5.74) is 0.360. The van der Waals surface area contributed by atoms with E-state index in [4.69, 9.17) is 4.42 Å². The fourth-order valence-electron chi connectivity index (χ4n) is 3.15. The van der Waals surface area contributed by atoms with Crippen molar-refractivity contribution in [2.45, 2.75) is 19.6 Å². The second-order valence-corrected chi connectivity index (χ2v) is 6.10. The van der Waals surface area contributed by atoms with Crippen LogP contribution >= 0.6 is 0 Å². The fourth-order valence-corrected chi connectivity index (χ4v) is 3.15. The third-order valence-corrected chi connectivity index (χ3v) is 4.34. The second-order valence-electron chi connectivity index (χ2n) is 6.10. The molecular weight excluding hydrogens is 322 g/mol. The third kappa shape index (κ3) is 3.10. The summed E-state index contributed by atoms with van der Waals surface area (Å²) in [5, 5.41) is 4.13. The van der Waals surface area contributed by atoms with Crippen LogP contribution in [0.1, 0.15) is 16.2 Å². The van der Waals surface area contributed by atoms with E-state index in [-0.39, 0.29) is 17.4 Å². The predicted molar refractivity (Wildman–Crippen MR) is 87.7 cm³/mol. The normalized spacial score (nSPS) is 17.1. The quantitative estimate of drug-likeness (QED) is 0.711. The van der Waals surface area contributed by atoms with Crippen LogP contribution < -0.4 is 5.56 Å². The maximum absolute atomic E-state index is 12.8. The van der Waals surface area contributed by atoms with Gasteiger partial charge in [0.05, 0.1) is 24.9 Å². The molecule has 3 aromatic rings. The molecule has 0 aromatic carbocycles. The van der Waals surface area contributed by atoms with Crippen molar-refractivity contribution in [1.82, 2.24) is 24.2 Å². The van der Waals surface area contributed by atoms with Gasteiger partial charge in [-0.05, 0) is 12.1 Å². The predicted octanol–water partition coefficient (Wildman–Crippen LogP) is 1.01. The number of fused-ring (bicyclic) bond motifs is 1. The highest BCUT2D eigenvalue weighted by Crippen LogP contribution is 2.19. The number of amides is 1. The standard InChI is InChI=1S/C17H17N5O3/c23-16-2-1-4-19-22(16)10-13-8-20-6-5-18-15(20)11-21(9-13)17(24)14-3-7-25-12-14/h1-7,12-13H,8-11H2/t13-/m0/s1. The van der Waals surface area contributed by atoms with Crippen LogP contribution in [0, 0.1) is 5.92 Å². The van der Waals surface area contributed by atoms with Gasteiger partial charge >= 0.3 is 0 Å². The van der Waals surface area contributed by atoms with Crippen molar-refractivity contribution < 1.29 is 9.21 Å². The van der Waals surface area contributed by atoms with E-state index < -0.39 is 0 Å². The van der Waals surface area contributed by atoms with Gasteiger partial charge in [0.15, 0.2) is 0 Å². The van der Waals surface area contributed by atoms with Crippen molar-refractivity contribution in [2.75, 3.05) is 6.54 Å². The van der Waals surface area contributed by atoms with Crippen molar-refractivity contribution in [2.24, 2.45) is 5.92 Å². The number of hydrogen-bond acceptors (Lipinski definition) is 5. The Morgan fingerprint density at radius 1 is 1.28 bits per heavy atom. The lowest BCUT2D eigenvalue weighted by Crippen LogP contribution is -2.36. The number of rotatable bonds is 3. The van der Waals surface area contributed by atoms with E-state index in [9.17, 15) is 9.59 Å². The van der Waals surface area contributed by atoms with Crippen molar-refractivity contribution in [3.8, 4) is 0 Å². The first-order valence-corrected chi connectivity index (χ1v) is 8.04. The molecule has 0 saturated carbocycles. The average Bonchev–Trinajstić information content (AvgIpc) is 3.25. The zero-order valence-electron chi connectivity index (χ0n) is 13.5. The SMILES string of the molecule is O=C(c1ccoc1)N1Cc2nccn2C[C@H](Cn2ncccc2=O)C1. The van der Waals surface area contributed by atoms with Crippen LogP contribution in [-0.2, 0) is 19.6 Å². The van der Waals surface area contributed by atoms with Crippen LogP contribution in [-0.4, -0.2) is 36.7 Å². The lowest BCUT2D eigenvalue weighted by Gasteiger charge is -2.23. The minimum atomic E-state index is -0.148. The smallest absolute Gasteiger partial charge is 0.266 e. The molecule has 25 heavy (non-hydrogen) atoms. The number of aromatic nitrogens is 4. The molecule has 0 radical (unpaired) electrons. The van der Waals surface area contributed by atoms with Crippen molar-refractivity contribution in [3.05, 3.63) is 71.1 Å². The molecule has 128 valence electrons. The van der Waals surface area contributed by atoms with E-state index in [0.29, 0.717) is 31.7 Å². The van der Waals surface area contributed by atoms with Crippen LogP contribution in [0.4, 0.5) is 0 Å². The zero-order valence-corrected chi connectivity index (χ0v) is 13.5. The summed E-state index contributed by atoms with van der Waals surface area (Å²) in [6, 6.07) is 4.76. The van der Waals surface area contributed by atoms with E-state index in [0.717, 1.165) is 5.82 Å². The number of carbonyl (C=O) groups excluding carboxylic acids is 1. The van der Waals surface area contributed by atoms with Crippen LogP contribution in [0.2, 0.25) is 0 Å². The van der Waals surface area contributed by atoms with Gasteiger partial charge in [0.25, 0.3) is 11.5 Å². The Labute approximate surface area is 143 Å². The molecule has 1 atom stereocenters.